The van der Waals surface area contributed by atoms with Crippen LogP contribution in [0.25, 0.3) is 11.3 Å². The third-order valence-electron chi connectivity index (χ3n) is 11.4. The van der Waals surface area contributed by atoms with Crippen molar-refractivity contribution < 1.29 is 40.7 Å². The molecular formula is C39H46F3N5O6S. The molecule has 0 radical (unpaired) electrons. The number of anilines is 1. The van der Waals surface area contributed by atoms with Crippen LogP contribution in [0.2, 0.25) is 0 Å². The zero-order valence-corrected chi connectivity index (χ0v) is 31.9. The van der Waals surface area contributed by atoms with Gasteiger partial charge in [0, 0.05) is 36.3 Å². The molecule has 290 valence electrons. The monoisotopic (exact) mass is 769 g/mol. The fourth-order valence-corrected chi connectivity index (χ4v) is 9.29. The lowest BCUT2D eigenvalue weighted by Gasteiger charge is -2.56. The van der Waals surface area contributed by atoms with Gasteiger partial charge in [0.15, 0.2) is 0 Å². The van der Waals surface area contributed by atoms with Gasteiger partial charge in [-0.3, -0.25) is 4.79 Å². The Bertz CT molecular complexity index is 2040. The highest BCUT2D eigenvalue weighted by atomic mass is 32.2. The van der Waals surface area contributed by atoms with Crippen LogP contribution in [0.5, 0.6) is 5.88 Å². The van der Waals surface area contributed by atoms with Gasteiger partial charge in [0.1, 0.15) is 12.2 Å². The summed E-state index contributed by atoms with van der Waals surface area (Å²) < 4.78 is 85.6. The number of sulfonamides is 1. The second-order valence-electron chi connectivity index (χ2n) is 16.5. The van der Waals surface area contributed by atoms with Crippen LogP contribution in [0.3, 0.4) is 0 Å². The van der Waals surface area contributed by atoms with Gasteiger partial charge in [0.25, 0.3) is 15.9 Å². The Kier molecular flexibility index (Phi) is 9.41. The number of aromatic nitrogens is 2. The Labute approximate surface area is 313 Å². The van der Waals surface area contributed by atoms with Crippen molar-refractivity contribution in [3.8, 4) is 17.1 Å². The number of piperidine rings is 1. The first kappa shape index (κ1) is 37.9. The number of nitrogens with zero attached hydrogens (tertiary/aromatic N) is 4. The van der Waals surface area contributed by atoms with Crippen molar-refractivity contribution in [2.45, 2.75) is 108 Å². The Morgan fingerprint density at radius 1 is 0.981 bits per heavy atom. The molecule has 3 heterocycles. The summed E-state index contributed by atoms with van der Waals surface area (Å²) in [5.74, 6) is -0.889. The van der Waals surface area contributed by atoms with E-state index in [0.717, 1.165) is 16.7 Å². The number of ether oxygens (including phenoxy) is 2. The summed E-state index contributed by atoms with van der Waals surface area (Å²) in [6.07, 6.45) is -3.03. The molecule has 1 aromatic heterocycles. The van der Waals surface area contributed by atoms with Gasteiger partial charge < -0.3 is 19.3 Å². The van der Waals surface area contributed by atoms with Crippen molar-refractivity contribution in [3.63, 3.8) is 0 Å². The van der Waals surface area contributed by atoms with Crippen molar-refractivity contribution >= 4 is 28.0 Å². The van der Waals surface area contributed by atoms with Gasteiger partial charge in [-0.2, -0.15) is 18.2 Å². The Hall–Kier alpha value is -4.40. The van der Waals surface area contributed by atoms with Crippen molar-refractivity contribution in [1.82, 2.24) is 19.8 Å². The second-order valence-corrected chi connectivity index (χ2v) is 18.2. The molecule has 1 N–H and O–H groups in total. The first-order chi connectivity index (χ1) is 25.3. The van der Waals surface area contributed by atoms with E-state index in [1.54, 1.807) is 11.0 Å². The summed E-state index contributed by atoms with van der Waals surface area (Å²) >= 11 is 0. The maximum Gasteiger partial charge on any atom is 0.410 e. The highest BCUT2D eigenvalue weighted by molar-refractivity contribution is 7.92. The molecule has 3 fully saturated rings. The lowest BCUT2D eigenvalue weighted by molar-refractivity contribution is -0.194. The molecule has 1 saturated heterocycles. The van der Waals surface area contributed by atoms with Crippen LogP contribution in [0.4, 0.5) is 23.9 Å². The standard InChI is InChI=1S/C39H46F3N5O6S/c1-24-8-6-9-25(2)32(24)30-19-31-44-34(43-30)45-54(50,51)29-11-7-10-26(18-29)33(48)47(28(23-52-31)22-38(12-13-38)39(40,41)42)27-20-37(21-27)14-16-46(17-15-37)35(49)53-36(3,4)5/h6-11,18-19,27-28H,12-17,20-23H2,1-5H3,(H,43,44,45)/t28-/m1/s1. The van der Waals surface area contributed by atoms with Crippen LogP contribution in [-0.4, -0.2) is 83.7 Å². The van der Waals surface area contributed by atoms with Crippen molar-refractivity contribution in [2.75, 3.05) is 24.4 Å². The summed E-state index contributed by atoms with van der Waals surface area (Å²) in [6.45, 7) is 9.82. The molecular weight excluding hydrogens is 724 g/mol. The molecule has 3 aromatic rings. The van der Waals surface area contributed by atoms with Gasteiger partial charge >= 0.3 is 12.3 Å². The Morgan fingerprint density at radius 2 is 1.63 bits per heavy atom. The summed E-state index contributed by atoms with van der Waals surface area (Å²) in [6, 6.07) is 11.2. The van der Waals surface area contributed by atoms with Gasteiger partial charge in [-0.1, -0.05) is 24.3 Å². The number of amides is 2. The highest BCUT2D eigenvalue weighted by Crippen LogP contribution is 2.61. The Balaban J connectivity index is 1.26. The van der Waals surface area contributed by atoms with Crippen molar-refractivity contribution in [3.05, 3.63) is 65.2 Å². The number of nitrogens with one attached hydrogen (secondary N) is 1. The van der Waals surface area contributed by atoms with E-state index in [0.29, 0.717) is 44.5 Å². The van der Waals surface area contributed by atoms with Gasteiger partial charge in [-0.05, 0) is 114 Å². The second kappa shape index (κ2) is 13.4. The molecule has 54 heavy (non-hydrogen) atoms. The van der Waals surface area contributed by atoms with Crippen LogP contribution >= 0.6 is 0 Å². The fourth-order valence-electron chi connectivity index (χ4n) is 8.30. The molecule has 2 aliphatic heterocycles. The molecule has 2 aliphatic carbocycles. The molecule has 7 rings (SSSR count). The minimum atomic E-state index is -4.49. The van der Waals surface area contributed by atoms with E-state index in [-0.39, 0.29) is 59.7 Å². The minimum Gasteiger partial charge on any atom is -0.475 e. The lowest BCUT2D eigenvalue weighted by atomic mass is 9.59. The van der Waals surface area contributed by atoms with Gasteiger partial charge in [0.2, 0.25) is 11.8 Å². The van der Waals surface area contributed by atoms with E-state index in [4.69, 9.17) is 9.47 Å². The number of aryl methyl sites for hydroxylation is 2. The normalized spacial score (nSPS) is 22.1. The SMILES string of the molecule is Cc1cccc(C)c1-c1cc2nc(n1)NS(=O)(=O)c1cccc(c1)C(=O)N(C1CC3(CCN(C(=O)OC(C)(C)C)CC3)C1)[C@H](CC1(C(F)(F)F)CC1)CO2. The maximum absolute atomic E-state index is 14.6. The van der Waals surface area contributed by atoms with Gasteiger partial charge in [0.05, 0.1) is 22.0 Å². The summed E-state index contributed by atoms with van der Waals surface area (Å²) in [5.41, 5.74) is 0.0427. The first-order valence-corrected chi connectivity index (χ1v) is 19.8. The number of benzene rings is 2. The van der Waals surface area contributed by atoms with E-state index in [1.165, 1.54) is 29.2 Å². The number of carbonyl (C=O) groups is 2. The summed E-state index contributed by atoms with van der Waals surface area (Å²) in [5, 5.41) is 0. The zero-order chi connectivity index (χ0) is 38.8. The van der Waals surface area contributed by atoms with E-state index in [2.05, 4.69) is 14.7 Å². The minimum absolute atomic E-state index is 0.0310. The fraction of sp³-hybridized carbons (Fsp3) is 0.538. The van der Waals surface area contributed by atoms with E-state index >= 15 is 0 Å². The lowest BCUT2D eigenvalue weighted by Crippen LogP contribution is -2.60. The molecule has 15 heteroatoms. The highest BCUT2D eigenvalue weighted by Gasteiger charge is 2.64. The number of carbonyl (C=O) groups excluding carboxylic acids is 2. The van der Waals surface area contributed by atoms with E-state index in [1.807, 2.05) is 52.8 Å². The van der Waals surface area contributed by atoms with Crippen molar-refractivity contribution in [2.24, 2.45) is 10.8 Å². The number of fused-ring (bicyclic) bond motifs is 4. The Morgan fingerprint density at radius 3 is 2.24 bits per heavy atom. The molecule has 11 nitrogen and oxygen atoms in total. The average molecular weight is 770 g/mol. The van der Waals surface area contributed by atoms with Crippen molar-refractivity contribution in [1.29, 1.82) is 0 Å². The van der Waals surface area contributed by atoms with Crippen LogP contribution in [0.1, 0.15) is 87.2 Å². The molecule has 1 atom stereocenters. The number of rotatable bonds is 4. The van der Waals surface area contributed by atoms with Crippen LogP contribution in [0, 0.1) is 24.7 Å². The van der Waals surface area contributed by atoms with Crippen LogP contribution < -0.4 is 9.46 Å². The predicted molar refractivity (Wildman–Crippen MR) is 194 cm³/mol. The topological polar surface area (TPSA) is 131 Å². The maximum atomic E-state index is 14.6. The molecule has 2 aromatic carbocycles. The summed E-state index contributed by atoms with van der Waals surface area (Å²) in [4.78, 5) is 39.3. The molecule has 0 unspecified atom stereocenters. The quantitative estimate of drug-likeness (QED) is 0.286. The number of alkyl halides is 3. The van der Waals surface area contributed by atoms with Crippen LogP contribution in [0.15, 0.2) is 53.4 Å². The number of hydrogen-bond donors (Lipinski definition) is 1. The zero-order valence-electron chi connectivity index (χ0n) is 31.1. The van der Waals surface area contributed by atoms with E-state index < -0.39 is 45.2 Å². The third-order valence-corrected chi connectivity index (χ3v) is 12.7. The largest absolute Gasteiger partial charge is 0.475 e. The summed E-state index contributed by atoms with van der Waals surface area (Å²) in [7, 11) is -4.32. The predicted octanol–water partition coefficient (Wildman–Crippen LogP) is 7.68. The van der Waals surface area contributed by atoms with E-state index in [9.17, 15) is 31.2 Å². The molecule has 2 saturated carbocycles. The molecule has 2 amide bonds. The number of hydrogen-bond acceptors (Lipinski definition) is 8. The van der Waals surface area contributed by atoms with Crippen LogP contribution in [-0.2, 0) is 14.8 Å². The average Bonchev–Trinajstić information content (AvgIpc) is 3.86. The molecule has 4 aliphatic rings. The molecule has 1 spiro atoms. The number of halogens is 3. The first-order valence-electron chi connectivity index (χ1n) is 18.4. The third kappa shape index (κ3) is 7.47. The van der Waals surface area contributed by atoms with Gasteiger partial charge in [-0.15, -0.1) is 0 Å². The smallest absolute Gasteiger partial charge is 0.410 e. The number of likely N-dealkylation sites (tertiary alicyclic amines) is 1. The molecule has 4 bridgehead atoms. The van der Waals surface area contributed by atoms with Gasteiger partial charge in [-0.25, -0.2) is 22.9 Å².